The van der Waals surface area contributed by atoms with Gasteiger partial charge in [0.2, 0.25) is 0 Å². The van der Waals surface area contributed by atoms with E-state index in [0.717, 1.165) is 0 Å². The number of nitrogens with two attached hydrogens (primary N) is 1. The summed E-state index contributed by atoms with van der Waals surface area (Å²) in [4.78, 5) is 15.1. The van der Waals surface area contributed by atoms with E-state index >= 15 is 0 Å². The molecule has 1 aromatic rings. The molecule has 0 fully saturated rings. The van der Waals surface area contributed by atoms with Crippen molar-refractivity contribution in [1.82, 2.24) is 4.98 Å². The van der Waals surface area contributed by atoms with Crippen LogP contribution in [0.3, 0.4) is 0 Å². The first-order valence-corrected chi connectivity index (χ1v) is 4.49. The molecule has 0 atom stereocenters. The average molecular weight is 225 g/mol. The van der Waals surface area contributed by atoms with Crippen LogP contribution >= 0.6 is 11.6 Å². The number of hydrogen-bond donors (Lipinski definition) is 1. The number of carbonyl (C=O) groups is 1. The van der Waals surface area contributed by atoms with Gasteiger partial charge in [0.15, 0.2) is 0 Å². The van der Waals surface area contributed by atoms with Crippen LogP contribution in [0.1, 0.15) is 15.9 Å². The number of aromatic nitrogens is 1. The number of ether oxygens (including phenoxy) is 1. The number of hydrogen-bond acceptors (Lipinski definition) is 4. The van der Waals surface area contributed by atoms with E-state index in [9.17, 15) is 4.79 Å². The highest BCUT2D eigenvalue weighted by molar-refractivity contribution is 6.32. The van der Waals surface area contributed by atoms with Gasteiger partial charge in [-0.25, -0.2) is 9.78 Å². The molecule has 0 saturated carbocycles. The number of carbonyl (C=O) groups excluding carboxylic acids is 1. The van der Waals surface area contributed by atoms with Gasteiger partial charge in [-0.05, 0) is 6.07 Å². The molecule has 0 spiro atoms. The molecular weight excluding hydrogens is 216 g/mol. The maximum absolute atomic E-state index is 11.2. The molecule has 0 radical (unpaired) electrons. The first kappa shape index (κ1) is 11.5. The molecule has 0 aliphatic rings. The van der Waals surface area contributed by atoms with E-state index in [-0.39, 0.29) is 17.3 Å². The zero-order valence-electron chi connectivity index (χ0n) is 8.08. The number of esters is 1. The normalized spacial score (nSPS) is 9.00. The third kappa shape index (κ3) is 2.94. The molecule has 78 valence electrons. The van der Waals surface area contributed by atoms with Crippen molar-refractivity contribution in [2.24, 2.45) is 5.73 Å². The van der Waals surface area contributed by atoms with Gasteiger partial charge in [-0.3, -0.25) is 0 Å². The van der Waals surface area contributed by atoms with Crippen LogP contribution in [0, 0.1) is 11.8 Å². The average Bonchev–Trinajstić information content (AvgIpc) is 2.27. The molecule has 0 amide bonds. The summed E-state index contributed by atoms with van der Waals surface area (Å²) in [7, 11) is 1.27. The van der Waals surface area contributed by atoms with Crippen molar-refractivity contribution < 1.29 is 9.53 Å². The lowest BCUT2D eigenvalue weighted by molar-refractivity contribution is 0.0600. The summed E-state index contributed by atoms with van der Waals surface area (Å²) >= 11 is 5.72. The highest BCUT2D eigenvalue weighted by atomic mass is 35.5. The van der Waals surface area contributed by atoms with Crippen molar-refractivity contribution >= 4 is 17.6 Å². The summed E-state index contributed by atoms with van der Waals surface area (Å²) in [5.74, 6) is 4.86. The van der Waals surface area contributed by atoms with Crippen molar-refractivity contribution in [3.63, 3.8) is 0 Å². The zero-order valence-corrected chi connectivity index (χ0v) is 8.84. The van der Waals surface area contributed by atoms with Crippen LogP contribution in [0.4, 0.5) is 0 Å². The maximum Gasteiger partial charge on any atom is 0.341 e. The van der Waals surface area contributed by atoms with Crippen LogP contribution in [0.2, 0.25) is 5.15 Å². The third-order valence-corrected chi connectivity index (χ3v) is 1.88. The van der Waals surface area contributed by atoms with Crippen LogP contribution in [0.15, 0.2) is 12.3 Å². The van der Waals surface area contributed by atoms with Gasteiger partial charge >= 0.3 is 5.97 Å². The molecule has 0 unspecified atom stereocenters. The number of methoxy groups -OCH3 is 1. The predicted octanol–water partition coefficient (Wildman–Crippen LogP) is 0.832. The largest absolute Gasteiger partial charge is 0.465 e. The minimum Gasteiger partial charge on any atom is -0.465 e. The molecule has 1 heterocycles. The summed E-state index contributed by atoms with van der Waals surface area (Å²) < 4.78 is 4.54. The number of rotatable bonds is 1. The Morgan fingerprint density at radius 3 is 3.07 bits per heavy atom. The smallest absolute Gasteiger partial charge is 0.341 e. The molecule has 0 saturated heterocycles. The van der Waals surface area contributed by atoms with Crippen molar-refractivity contribution in [2.45, 2.75) is 0 Å². The SMILES string of the molecule is COC(=O)c1cc(C#CCN)cnc1Cl. The molecule has 1 aromatic heterocycles. The van der Waals surface area contributed by atoms with Crippen molar-refractivity contribution in [3.05, 3.63) is 28.5 Å². The van der Waals surface area contributed by atoms with E-state index in [0.29, 0.717) is 5.56 Å². The molecule has 0 bridgehead atoms. The molecule has 0 aliphatic heterocycles. The summed E-state index contributed by atoms with van der Waals surface area (Å²) in [6, 6.07) is 1.52. The van der Waals surface area contributed by atoms with E-state index < -0.39 is 5.97 Å². The van der Waals surface area contributed by atoms with Gasteiger partial charge < -0.3 is 10.5 Å². The van der Waals surface area contributed by atoms with E-state index in [1.165, 1.54) is 19.4 Å². The van der Waals surface area contributed by atoms with Crippen molar-refractivity contribution in [1.29, 1.82) is 0 Å². The fourth-order valence-electron chi connectivity index (χ4n) is 0.923. The standard InChI is InChI=1S/C10H9ClN2O2/c1-15-10(14)8-5-7(3-2-4-12)6-13-9(8)11/h5-6H,4,12H2,1H3. The Labute approximate surface area is 92.4 Å². The zero-order chi connectivity index (χ0) is 11.3. The maximum atomic E-state index is 11.2. The number of pyridine rings is 1. The van der Waals surface area contributed by atoms with E-state index in [1.54, 1.807) is 0 Å². The van der Waals surface area contributed by atoms with E-state index in [4.69, 9.17) is 17.3 Å². The molecule has 1 rings (SSSR count). The van der Waals surface area contributed by atoms with Crippen LogP contribution < -0.4 is 5.73 Å². The minimum absolute atomic E-state index is 0.0974. The highest BCUT2D eigenvalue weighted by Gasteiger charge is 2.11. The number of halogens is 1. The molecule has 4 nitrogen and oxygen atoms in total. The lowest BCUT2D eigenvalue weighted by Crippen LogP contribution is -2.03. The monoisotopic (exact) mass is 224 g/mol. The van der Waals surface area contributed by atoms with Crippen LogP contribution in [-0.2, 0) is 4.74 Å². The summed E-state index contributed by atoms with van der Waals surface area (Å²) in [5, 5.41) is 0.0974. The van der Waals surface area contributed by atoms with E-state index in [1.807, 2.05) is 0 Å². The van der Waals surface area contributed by atoms with Gasteiger partial charge in [-0.15, -0.1) is 0 Å². The molecule has 0 aliphatic carbocycles. The van der Waals surface area contributed by atoms with Crippen LogP contribution in [-0.4, -0.2) is 24.6 Å². The summed E-state index contributed by atoms with van der Waals surface area (Å²) in [6.45, 7) is 0.246. The Hall–Kier alpha value is -1.57. The fourth-order valence-corrected chi connectivity index (χ4v) is 1.10. The summed E-state index contributed by atoms with van der Waals surface area (Å²) in [6.07, 6.45) is 1.47. The van der Waals surface area contributed by atoms with Crippen LogP contribution in [0.5, 0.6) is 0 Å². The van der Waals surface area contributed by atoms with Gasteiger partial charge in [0.1, 0.15) is 5.15 Å². The Bertz CT molecular complexity index is 435. The second-order valence-electron chi connectivity index (χ2n) is 2.56. The van der Waals surface area contributed by atoms with E-state index in [2.05, 4.69) is 21.6 Å². The Morgan fingerprint density at radius 2 is 2.47 bits per heavy atom. The second-order valence-corrected chi connectivity index (χ2v) is 2.92. The van der Waals surface area contributed by atoms with Crippen LogP contribution in [0.25, 0.3) is 0 Å². The second kappa shape index (κ2) is 5.35. The highest BCUT2D eigenvalue weighted by Crippen LogP contribution is 2.14. The van der Waals surface area contributed by atoms with Gasteiger partial charge in [0.05, 0.1) is 19.2 Å². The molecule has 2 N–H and O–H groups in total. The first-order valence-electron chi connectivity index (χ1n) is 4.12. The Morgan fingerprint density at radius 1 is 1.73 bits per heavy atom. The molecule has 5 heteroatoms. The van der Waals surface area contributed by atoms with Gasteiger partial charge in [-0.1, -0.05) is 23.4 Å². The molecule has 15 heavy (non-hydrogen) atoms. The quantitative estimate of drug-likeness (QED) is 0.436. The van der Waals surface area contributed by atoms with Gasteiger partial charge in [0, 0.05) is 11.8 Å². The topological polar surface area (TPSA) is 65.2 Å². The molecule has 0 aromatic carbocycles. The van der Waals surface area contributed by atoms with Gasteiger partial charge in [-0.2, -0.15) is 0 Å². The lowest BCUT2D eigenvalue weighted by atomic mass is 10.2. The Kier molecular flexibility index (Phi) is 4.10. The predicted molar refractivity (Wildman–Crippen MR) is 56.5 cm³/mol. The fraction of sp³-hybridized carbons (Fsp3) is 0.200. The Balaban J connectivity index is 3.10. The minimum atomic E-state index is -0.538. The number of nitrogens with zero attached hydrogens (tertiary/aromatic N) is 1. The third-order valence-electron chi connectivity index (χ3n) is 1.58. The van der Waals surface area contributed by atoms with Crippen molar-refractivity contribution in [2.75, 3.05) is 13.7 Å². The summed E-state index contributed by atoms with van der Waals surface area (Å²) in [5.41, 5.74) is 5.99. The van der Waals surface area contributed by atoms with Gasteiger partial charge in [0.25, 0.3) is 0 Å². The lowest BCUT2D eigenvalue weighted by Gasteiger charge is -2.01. The molecular formula is C10H9ClN2O2. The first-order chi connectivity index (χ1) is 7.19. The van der Waals surface area contributed by atoms with Crippen molar-refractivity contribution in [3.8, 4) is 11.8 Å².